The summed E-state index contributed by atoms with van der Waals surface area (Å²) in [6.07, 6.45) is 0. The van der Waals surface area contributed by atoms with Crippen LogP contribution in [0.2, 0.25) is 0 Å². The number of thiophene rings is 1. The highest BCUT2D eigenvalue weighted by Gasteiger charge is 2.21. The Bertz CT molecular complexity index is 1200. The summed E-state index contributed by atoms with van der Waals surface area (Å²) < 4.78 is 17.0. The highest BCUT2D eigenvalue weighted by molar-refractivity contribution is 7.99. The molecular weight excluding hydrogens is 446 g/mol. The Balaban J connectivity index is 1.32. The molecule has 9 heteroatoms. The normalized spacial score (nSPS) is 12.5. The van der Waals surface area contributed by atoms with E-state index in [1.807, 2.05) is 66.0 Å². The maximum absolute atomic E-state index is 13.2. The van der Waals surface area contributed by atoms with Crippen LogP contribution in [0.1, 0.15) is 4.88 Å². The van der Waals surface area contributed by atoms with Gasteiger partial charge in [-0.15, -0.1) is 21.5 Å². The Hall–Kier alpha value is -3.30. The van der Waals surface area contributed by atoms with Crippen LogP contribution in [0.25, 0.3) is 11.5 Å². The van der Waals surface area contributed by atoms with E-state index in [4.69, 9.17) is 13.9 Å². The number of amides is 1. The summed E-state index contributed by atoms with van der Waals surface area (Å²) >= 11 is 2.83. The van der Waals surface area contributed by atoms with Gasteiger partial charge >= 0.3 is 0 Å². The number of fused-ring (bicyclic) bond motifs is 1. The maximum Gasteiger partial charge on any atom is 0.277 e. The Kier molecular flexibility index (Phi) is 6.09. The second-order valence-corrected chi connectivity index (χ2v) is 8.87. The number of aromatic nitrogens is 2. The van der Waals surface area contributed by atoms with E-state index in [0.29, 0.717) is 42.4 Å². The molecule has 0 fully saturated rings. The fourth-order valence-electron chi connectivity index (χ4n) is 3.25. The predicted molar refractivity (Wildman–Crippen MR) is 123 cm³/mol. The van der Waals surface area contributed by atoms with Crippen molar-refractivity contribution in [3.63, 3.8) is 0 Å². The minimum atomic E-state index is -0.0699. The van der Waals surface area contributed by atoms with Crippen molar-refractivity contribution in [1.29, 1.82) is 0 Å². The van der Waals surface area contributed by atoms with Crippen molar-refractivity contribution in [1.82, 2.24) is 10.2 Å². The summed E-state index contributed by atoms with van der Waals surface area (Å²) in [5.74, 6) is 1.87. The van der Waals surface area contributed by atoms with Crippen molar-refractivity contribution < 1.29 is 18.7 Å². The summed E-state index contributed by atoms with van der Waals surface area (Å²) in [6.45, 7) is 1.48. The Morgan fingerprint density at radius 1 is 1.00 bits per heavy atom. The average Bonchev–Trinajstić information content (AvgIpc) is 3.54. The van der Waals surface area contributed by atoms with Crippen LogP contribution in [-0.4, -0.2) is 35.1 Å². The molecule has 0 aliphatic carbocycles. The standard InChI is InChI=1S/C23H19N3O4S2/c27-21(15-32-23-25-24-22(30-23)16-5-2-1-3-6-16)26(14-18-7-4-12-31-18)17-8-9-19-20(13-17)29-11-10-28-19/h1-9,12-13H,10-11,14-15H2. The Morgan fingerprint density at radius 2 is 1.84 bits per heavy atom. The number of benzene rings is 2. The summed E-state index contributed by atoms with van der Waals surface area (Å²) in [5.41, 5.74) is 1.59. The summed E-state index contributed by atoms with van der Waals surface area (Å²) in [5, 5.41) is 10.5. The Labute approximate surface area is 193 Å². The third-order valence-electron chi connectivity index (χ3n) is 4.78. The van der Waals surface area contributed by atoms with Crippen molar-refractivity contribution in [3.05, 3.63) is 70.9 Å². The highest BCUT2D eigenvalue weighted by Crippen LogP contribution is 2.35. The molecule has 1 aliphatic rings. The lowest BCUT2D eigenvalue weighted by molar-refractivity contribution is -0.116. The lowest BCUT2D eigenvalue weighted by atomic mass is 10.2. The Morgan fingerprint density at radius 3 is 2.66 bits per heavy atom. The van der Waals surface area contributed by atoms with E-state index < -0.39 is 0 Å². The zero-order valence-electron chi connectivity index (χ0n) is 17.0. The first-order chi connectivity index (χ1) is 15.8. The van der Waals surface area contributed by atoms with E-state index in [1.54, 1.807) is 16.2 Å². The molecule has 32 heavy (non-hydrogen) atoms. The van der Waals surface area contributed by atoms with Crippen molar-refractivity contribution in [2.75, 3.05) is 23.9 Å². The molecule has 0 spiro atoms. The molecule has 1 aliphatic heterocycles. The van der Waals surface area contributed by atoms with Gasteiger partial charge in [-0.2, -0.15) is 0 Å². The van der Waals surface area contributed by atoms with Gasteiger partial charge in [0.15, 0.2) is 11.5 Å². The first-order valence-electron chi connectivity index (χ1n) is 10.0. The SMILES string of the molecule is O=C(CSc1nnc(-c2ccccc2)o1)N(Cc1cccs1)c1ccc2c(c1)OCCO2. The van der Waals surface area contributed by atoms with Crippen LogP contribution in [0.5, 0.6) is 11.5 Å². The molecule has 5 rings (SSSR count). The van der Waals surface area contributed by atoms with Crippen LogP contribution >= 0.6 is 23.1 Å². The third kappa shape index (κ3) is 4.63. The highest BCUT2D eigenvalue weighted by atomic mass is 32.2. The van der Waals surface area contributed by atoms with Gasteiger partial charge in [0, 0.05) is 22.2 Å². The second kappa shape index (κ2) is 9.46. The van der Waals surface area contributed by atoms with Gasteiger partial charge in [-0.25, -0.2) is 0 Å². The number of nitrogens with zero attached hydrogens (tertiary/aromatic N) is 3. The number of hydrogen-bond donors (Lipinski definition) is 0. The zero-order valence-corrected chi connectivity index (χ0v) is 18.6. The lowest BCUT2D eigenvalue weighted by Gasteiger charge is -2.25. The van der Waals surface area contributed by atoms with Gasteiger partial charge in [-0.3, -0.25) is 4.79 Å². The quantitative estimate of drug-likeness (QED) is 0.360. The fourth-order valence-corrected chi connectivity index (χ4v) is 4.58. The van der Waals surface area contributed by atoms with Crippen LogP contribution in [0, 0.1) is 0 Å². The van der Waals surface area contributed by atoms with Gasteiger partial charge in [-0.1, -0.05) is 36.0 Å². The third-order valence-corrected chi connectivity index (χ3v) is 6.44. The van der Waals surface area contributed by atoms with Gasteiger partial charge in [-0.05, 0) is 35.7 Å². The monoisotopic (exact) mass is 465 g/mol. The van der Waals surface area contributed by atoms with E-state index in [9.17, 15) is 4.79 Å². The molecular formula is C23H19N3O4S2. The van der Waals surface area contributed by atoms with Gasteiger partial charge in [0.25, 0.3) is 5.22 Å². The number of ether oxygens (including phenoxy) is 2. The molecule has 0 bridgehead atoms. The van der Waals surface area contributed by atoms with Gasteiger partial charge in [0.2, 0.25) is 11.8 Å². The first-order valence-corrected chi connectivity index (χ1v) is 11.9. The number of rotatable bonds is 7. The fraction of sp³-hybridized carbons (Fsp3) is 0.174. The molecule has 0 N–H and O–H groups in total. The zero-order chi connectivity index (χ0) is 21.8. The molecule has 0 saturated carbocycles. The van der Waals surface area contributed by atoms with E-state index >= 15 is 0 Å². The van der Waals surface area contributed by atoms with Crippen molar-refractivity contribution in [2.24, 2.45) is 0 Å². The number of carbonyl (C=O) groups excluding carboxylic acids is 1. The van der Waals surface area contributed by atoms with E-state index in [2.05, 4.69) is 10.2 Å². The molecule has 2 aromatic heterocycles. The molecule has 162 valence electrons. The van der Waals surface area contributed by atoms with Crippen LogP contribution in [0.15, 0.2) is 75.7 Å². The van der Waals surface area contributed by atoms with Crippen LogP contribution in [0.4, 0.5) is 5.69 Å². The molecule has 7 nitrogen and oxygen atoms in total. The van der Waals surface area contributed by atoms with Gasteiger partial charge in [0.1, 0.15) is 13.2 Å². The number of carbonyl (C=O) groups is 1. The molecule has 0 unspecified atom stereocenters. The maximum atomic E-state index is 13.2. The minimum absolute atomic E-state index is 0.0699. The van der Waals surface area contributed by atoms with E-state index in [-0.39, 0.29) is 11.7 Å². The summed E-state index contributed by atoms with van der Waals surface area (Å²) in [6, 6.07) is 19.1. The van der Waals surface area contributed by atoms with Gasteiger partial charge in [0.05, 0.1) is 12.3 Å². The molecule has 0 atom stereocenters. The minimum Gasteiger partial charge on any atom is -0.486 e. The number of hydrogen-bond acceptors (Lipinski definition) is 8. The number of thioether (sulfide) groups is 1. The second-order valence-electron chi connectivity index (χ2n) is 6.92. The smallest absolute Gasteiger partial charge is 0.277 e. The van der Waals surface area contributed by atoms with Crippen LogP contribution in [-0.2, 0) is 11.3 Å². The predicted octanol–water partition coefficient (Wildman–Crippen LogP) is 4.89. The van der Waals surface area contributed by atoms with Crippen molar-refractivity contribution in [2.45, 2.75) is 11.8 Å². The molecule has 2 aromatic carbocycles. The molecule has 4 aromatic rings. The summed E-state index contributed by atoms with van der Waals surface area (Å²) in [4.78, 5) is 16.1. The molecule has 1 amide bonds. The van der Waals surface area contributed by atoms with Crippen LogP contribution in [0.3, 0.4) is 0 Å². The average molecular weight is 466 g/mol. The molecule has 0 radical (unpaired) electrons. The largest absolute Gasteiger partial charge is 0.486 e. The topological polar surface area (TPSA) is 77.7 Å². The lowest BCUT2D eigenvalue weighted by Crippen LogP contribution is -2.31. The van der Waals surface area contributed by atoms with E-state index in [0.717, 1.165) is 16.1 Å². The molecule has 0 saturated heterocycles. The van der Waals surface area contributed by atoms with Gasteiger partial charge < -0.3 is 18.8 Å². The van der Waals surface area contributed by atoms with Crippen molar-refractivity contribution >= 4 is 34.7 Å². The van der Waals surface area contributed by atoms with Crippen LogP contribution < -0.4 is 14.4 Å². The molecule has 3 heterocycles. The summed E-state index contributed by atoms with van der Waals surface area (Å²) in [7, 11) is 0. The van der Waals surface area contributed by atoms with Crippen molar-refractivity contribution in [3.8, 4) is 23.0 Å². The number of anilines is 1. The van der Waals surface area contributed by atoms with E-state index in [1.165, 1.54) is 11.8 Å². The first kappa shape index (κ1) is 20.6.